The number of H-pyrrole nitrogens is 1. The first-order valence-electron chi connectivity index (χ1n) is 7.17. The van der Waals surface area contributed by atoms with Gasteiger partial charge >= 0.3 is 5.69 Å². The molecule has 3 heterocycles. The van der Waals surface area contributed by atoms with Crippen LogP contribution in [0.3, 0.4) is 0 Å². The molecule has 0 aliphatic rings. The molecule has 24 heavy (non-hydrogen) atoms. The number of pyridine rings is 2. The first-order chi connectivity index (χ1) is 11.0. The third-order valence-corrected chi connectivity index (χ3v) is 4.02. The largest absolute Gasteiger partial charge is 0.382 e. The standard InChI is InChI=1S/C15H15Cl2N5O.ClH/c1-9-4-5-10(13(17)19-9)3-2-6-18-12-7-11(16)8-22-14(12)20-21-15(22)23;/h4-5,7-8,18H,2-3,6H2,1H3,(H,21,23);1H. The van der Waals surface area contributed by atoms with Crippen LogP contribution in [0.4, 0.5) is 5.69 Å². The van der Waals surface area contributed by atoms with Gasteiger partial charge in [-0.2, -0.15) is 5.10 Å². The molecule has 2 N–H and O–H groups in total. The molecular weight excluding hydrogens is 373 g/mol. The van der Waals surface area contributed by atoms with Crippen molar-refractivity contribution in [2.24, 2.45) is 0 Å². The Labute approximate surface area is 154 Å². The van der Waals surface area contributed by atoms with E-state index in [0.717, 1.165) is 24.1 Å². The molecule has 3 aromatic rings. The smallest absolute Gasteiger partial charge is 0.347 e. The van der Waals surface area contributed by atoms with Gasteiger partial charge in [-0.25, -0.2) is 19.3 Å². The van der Waals surface area contributed by atoms with Crippen LogP contribution in [0.5, 0.6) is 0 Å². The van der Waals surface area contributed by atoms with Crippen molar-refractivity contribution in [3.05, 3.63) is 56.3 Å². The van der Waals surface area contributed by atoms with E-state index in [-0.39, 0.29) is 18.1 Å². The maximum absolute atomic E-state index is 11.6. The van der Waals surface area contributed by atoms with Gasteiger partial charge in [0.15, 0.2) is 5.65 Å². The van der Waals surface area contributed by atoms with Crippen LogP contribution in [0.2, 0.25) is 10.2 Å². The fourth-order valence-corrected chi connectivity index (χ4v) is 2.85. The summed E-state index contributed by atoms with van der Waals surface area (Å²) in [6.07, 6.45) is 3.20. The van der Waals surface area contributed by atoms with Crippen molar-refractivity contribution >= 4 is 46.9 Å². The Morgan fingerprint density at radius 1 is 1.33 bits per heavy atom. The molecule has 0 aromatic carbocycles. The summed E-state index contributed by atoms with van der Waals surface area (Å²) in [5.41, 5.74) is 2.84. The normalized spacial score (nSPS) is 10.6. The van der Waals surface area contributed by atoms with Gasteiger partial charge in [0.05, 0.1) is 10.7 Å². The van der Waals surface area contributed by atoms with E-state index in [1.165, 1.54) is 10.6 Å². The van der Waals surface area contributed by atoms with Gasteiger partial charge in [0.25, 0.3) is 0 Å². The summed E-state index contributed by atoms with van der Waals surface area (Å²) in [4.78, 5) is 15.8. The summed E-state index contributed by atoms with van der Waals surface area (Å²) in [6, 6.07) is 5.69. The Morgan fingerprint density at radius 3 is 2.88 bits per heavy atom. The topological polar surface area (TPSA) is 75.1 Å². The van der Waals surface area contributed by atoms with Crippen molar-refractivity contribution in [1.29, 1.82) is 0 Å². The van der Waals surface area contributed by atoms with Crippen LogP contribution >= 0.6 is 35.6 Å². The average molecular weight is 389 g/mol. The van der Waals surface area contributed by atoms with E-state index in [1.807, 2.05) is 19.1 Å². The number of rotatable bonds is 5. The number of fused-ring (bicyclic) bond motifs is 1. The number of anilines is 1. The van der Waals surface area contributed by atoms with E-state index in [9.17, 15) is 4.79 Å². The third-order valence-electron chi connectivity index (χ3n) is 3.48. The van der Waals surface area contributed by atoms with E-state index in [4.69, 9.17) is 23.2 Å². The number of hydrogen-bond acceptors (Lipinski definition) is 4. The lowest BCUT2D eigenvalue weighted by atomic mass is 10.1. The van der Waals surface area contributed by atoms with E-state index < -0.39 is 0 Å². The number of halogens is 3. The minimum absolute atomic E-state index is 0. The zero-order valence-electron chi connectivity index (χ0n) is 12.8. The van der Waals surface area contributed by atoms with Crippen molar-refractivity contribution in [2.45, 2.75) is 19.8 Å². The molecule has 0 atom stereocenters. The van der Waals surface area contributed by atoms with E-state index >= 15 is 0 Å². The fourth-order valence-electron chi connectivity index (χ4n) is 2.35. The predicted octanol–water partition coefficient (Wildman–Crippen LogP) is 3.50. The van der Waals surface area contributed by atoms with Crippen LogP contribution in [-0.4, -0.2) is 26.1 Å². The second kappa shape index (κ2) is 7.88. The van der Waals surface area contributed by atoms with Crippen molar-refractivity contribution in [2.75, 3.05) is 11.9 Å². The molecule has 3 aromatic heterocycles. The van der Waals surface area contributed by atoms with Gasteiger partial charge in [-0.05, 0) is 37.5 Å². The van der Waals surface area contributed by atoms with Gasteiger partial charge in [-0.3, -0.25) is 0 Å². The molecule has 0 unspecified atom stereocenters. The highest BCUT2D eigenvalue weighted by Gasteiger charge is 2.08. The molecule has 9 heteroatoms. The van der Waals surface area contributed by atoms with Gasteiger partial charge < -0.3 is 5.32 Å². The van der Waals surface area contributed by atoms with Crippen LogP contribution < -0.4 is 11.0 Å². The lowest BCUT2D eigenvalue weighted by molar-refractivity contribution is 0.856. The Hall–Kier alpha value is -1.76. The van der Waals surface area contributed by atoms with Crippen molar-refractivity contribution in [3.63, 3.8) is 0 Å². The van der Waals surface area contributed by atoms with Gasteiger partial charge in [0.1, 0.15) is 5.15 Å². The van der Waals surface area contributed by atoms with Crippen LogP contribution in [0.25, 0.3) is 5.65 Å². The number of hydrogen-bond donors (Lipinski definition) is 2. The summed E-state index contributed by atoms with van der Waals surface area (Å²) < 4.78 is 1.38. The van der Waals surface area contributed by atoms with E-state index in [2.05, 4.69) is 20.5 Å². The van der Waals surface area contributed by atoms with Crippen molar-refractivity contribution in [1.82, 2.24) is 19.6 Å². The van der Waals surface area contributed by atoms with Crippen LogP contribution in [0.15, 0.2) is 29.2 Å². The lowest BCUT2D eigenvalue weighted by Crippen LogP contribution is -2.10. The minimum Gasteiger partial charge on any atom is -0.382 e. The molecule has 0 spiro atoms. The third kappa shape index (κ3) is 4.01. The van der Waals surface area contributed by atoms with Crippen molar-refractivity contribution in [3.8, 4) is 0 Å². The zero-order valence-corrected chi connectivity index (χ0v) is 15.2. The zero-order chi connectivity index (χ0) is 16.4. The van der Waals surface area contributed by atoms with Gasteiger partial charge in [0, 0.05) is 18.4 Å². The number of nitrogens with zero attached hydrogens (tertiary/aromatic N) is 3. The predicted molar refractivity (Wildman–Crippen MR) is 98.9 cm³/mol. The summed E-state index contributed by atoms with van der Waals surface area (Å²) in [5.74, 6) is 0. The number of nitrogens with one attached hydrogen (secondary N) is 2. The Kier molecular flexibility index (Phi) is 6.10. The highest BCUT2D eigenvalue weighted by atomic mass is 35.5. The summed E-state index contributed by atoms with van der Waals surface area (Å²) in [6.45, 7) is 2.61. The Bertz CT molecular complexity index is 906. The monoisotopic (exact) mass is 387 g/mol. The van der Waals surface area contributed by atoms with E-state index in [0.29, 0.717) is 28.1 Å². The molecule has 3 rings (SSSR count). The molecule has 128 valence electrons. The highest BCUT2D eigenvalue weighted by molar-refractivity contribution is 6.31. The maximum Gasteiger partial charge on any atom is 0.347 e. The van der Waals surface area contributed by atoms with Crippen molar-refractivity contribution < 1.29 is 0 Å². The summed E-state index contributed by atoms with van der Waals surface area (Å²) in [7, 11) is 0. The van der Waals surface area contributed by atoms with Crippen LogP contribution in [0, 0.1) is 6.92 Å². The molecule has 6 nitrogen and oxygen atoms in total. The van der Waals surface area contributed by atoms with Crippen LogP contribution in [-0.2, 0) is 6.42 Å². The second-order valence-electron chi connectivity index (χ2n) is 5.23. The fraction of sp³-hybridized carbons (Fsp3) is 0.267. The average Bonchev–Trinajstić information content (AvgIpc) is 2.87. The number of aryl methyl sites for hydroxylation is 2. The highest BCUT2D eigenvalue weighted by Crippen LogP contribution is 2.20. The maximum atomic E-state index is 11.6. The molecule has 0 fully saturated rings. The molecule has 0 amide bonds. The SMILES string of the molecule is Cc1ccc(CCCNc2cc(Cl)cn3c(=O)[nH]nc23)c(Cl)n1.Cl. The van der Waals surface area contributed by atoms with Gasteiger partial charge in [0.2, 0.25) is 0 Å². The molecule has 0 aliphatic carbocycles. The first-order valence-corrected chi connectivity index (χ1v) is 7.92. The van der Waals surface area contributed by atoms with Gasteiger partial charge in [-0.1, -0.05) is 29.3 Å². The first kappa shape index (κ1) is 18.6. The minimum atomic E-state index is -0.317. The summed E-state index contributed by atoms with van der Waals surface area (Å²) in [5, 5.41) is 10.7. The van der Waals surface area contributed by atoms with E-state index in [1.54, 1.807) is 6.07 Å². The lowest BCUT2D eigenvalue weighted by Gasteiger charge is -2.08. The number of aromatic nitrogens is 4. The Balaban J connectivity index is 0.00000208. The molecule has 0 radical (unpaired) electrons. The molecule has 0 bridgehead atoms. The molecule has 0 saturated carbocycles. The quantitative estimate of drug-likeness (QED) is 0.518. The second-order valence-corrected chi connectivity index (χ2v) is 6.02. The summed E-state index contributed by atoms with van der Waals surface area (Å²) >= 11 is 12.2. The number of aromatic amines is 1. The molecule has 0 aliphatic heterocycles. The Morgan fingerprint density at radius 2 is 2.12 bits per heavy atom. The van der Waals surface area contributed by atoms with Crippen LogP contribution in [0.1, 0.15) is 17.7 Å². The molecule has 0 saturated heterocycles. The molecular formula is C15H16Cl3N5O. The van der Waals surface area contributed by atoms with Gasteiger partial charge in [-0.15, -0.1) is 12.4 Å².